The number of likely N-dealkylation sites (tertiary alicyclic amines) is 1. The first-order chi connectivity index (χ1) is 13.8. The largest absolute Gasteiger partial charge is 0.355 e. The molecule has 8 heteroatoms. The fourth-order valence-corrected chi connectivity index (χ4v) is 5.33. The smallest absolute Gasteiger partial charge is 0.285 e. The number of hydrogen-bond donors (Lipinski definition) is 1. The summed E-state index contributed by atoms with van der Waals surface area (Å²) in [6, 6.07) is 14.8. The number of fused-ring (bicyclic) bond motifs is 1. The van der Waals surface area contributed by atoms with Crippen molar-refractivity contribution in [2.24, 2.45) is 10.3 Å². The van der Waals surface area contributed by atoms with E-state index >= 15 is 0 Å². The summed E-state index contributed by atoms with van der Waals surface area (Å²) in [5, 5.41) is 3.10. The van der Waals surface area contributed by atoms with Crippen molar-refractivity contribution in [3.05, 3.63) is 64.1 Å². The summed E-state index contributed by atoms with van der Waals surface area (Å²) < 4.78 is 29.5. The summed E-state index contributed by atoms with van der Waals surface area (Å²) in [5.41, 5.74) is 1.71. The van der Waals surface area contributed by atoms with Gasteiger partial charge >= 0.3 is 0 Å². The van der Waals surface area contributed by atoms with Crippen LogP contribution in [0.4, 0.5) is 0 Å². The number of rotatable bonds is 3. The van der Waals surface area contributed by atoms with Crippen molar-refractivity contribution < 1.29 is 13.2 Å². The van der Waals surface area contributed by atoms with Gasteiger partial charge in [-0.15, -0.1) is 4.40 Å². The van der Waals surface area contributed by atoms with Crippen LogP contribution < -0.4 is 5.32 Å². The van der Waals surface area contributed by atoms with Crippen molar-refractivity contribution in [1.82, 2.24) is 10.2 Å². The SMILES string of the molecule is CC(NC(=O)C1CCN(C2=NS(=O)(=O)c3ccccc32)CC1)c1ccc(Br)cc1. The van der Waals surface area contributed by atoms with Crippen LogP contribution in [0, 0.1) is 5.92 Å². The van der Waals surface area contributed by atoms with Crippen molar-refractivity contribution in [2.45, 2.75) is 30.7 Å². The Morgan fingerprint density at radius 3 is 2.48 bits per heavy atom. The quantitative estimate of drug-likeness (QED) is 0.736. The zero-order chi connectivity index (χ0) is 20.6. The van der Waals surface area contributed by atoms with Crippen LogP contribution in [-0.2, 0) is 14.8 Å². The molecule has 0 aromatic heterocycles. The number of halogens is 1. The first-order valence-corrected chi connectivity index (χ1v) is 11.8. The van der Waals surface area contributed by atoms with Crippen LogP contribution in [0.5, 0.6) is 0 Å². The van der Waals surface area contributed by atoms with Gasteiger partial charge in [0.05, 0.1) is 6.04 Å². The lowest BCUT2D eigenvalue weighted by Crippen LogP contribution is -2.43. The van der Waals surface area contributed by atoms with E-state index in [4.69, 9.17) is 0 Å². The van der Waals surface area contributed by atoms with Gasteiger partial charge in [-0.05, 0) is 49.6 Å². The van der Waals surface area contributed by atoms with E-state index in [0.29, 0.717) is 37.3 Å². The highest BCUT2D eigenvalue weighted by atomic mass is 79.9. The van der Waals surface area contributed by atoms with Crippen LogP contribution in [0.25, 0.3) is 0 Å². The average Bonchev–Trinajstić information content (AvgIpc) is 3.00. The number of carbonyl (C=O) groups is 1. The van der Waals surface area contributed by atoms with Crippen LogP contribution in [0.3, 0.4) is 0 Å². The number of carbonyl (C=O) groups excluding carboxylic acids is 1. The highest BCUT2D eigenvalue weighted by molar-refractivity contribution is 9.10. The number of nitrogens with one attached hydrogen (secondary N) is 1. The summed E-state index contributed by atoms with van der Waals surface area (Å²) in [5.74, 6) is 0.460. The van der Waals surface area contributed by atoms with Crippen molar-refractivity contribution in [3.8, 4) is 0 Å². The van der Waals surface area contributed by atoms with Crippen LogP contribution in [0.15, 0.2) is 62.3 Å². The molecule has 0 aliphatic carbocycles. The third kappa shape index (κ3) is 4.09. The first kappa shape index (κ1) is 20.1. The number of nitrogens with zero attached hydrogens (tertiary/aromatic N) is 2. The predicted molar refractivity (Wildman–Crippen MR) is 115 cm³/mol. The molecule has 2 aromatic carbocycles. The Morgan fingerprint density at radius 1 is 1.14 bits per heavy atom. The molecule has 2 aliphatic heterocycles. The van der Waals surface area contributed by atoms with Gasteiger partial charge in [-0.3, -0.25) is 4.79 Å². The van der Waals surface area contributed by atoms with Crippen LogP contribution in [0.2, 0.25) is 0 Å². The number of piperidine rings is 1. The van der Waals surface area contributed by atoms with E-state index in [2.05, 4.69) is 25.6 Å². The maximum Gasteiger partial charge on any atom is 0.285 e. The van der Waals surface area contributed by atoms with Crippen molar-refractivity contribution in [2.75, 3.05) is 13.1 Å². The van der Waals surface area contributed by atoms with Crippen molar-refractivity contribution >= 4 is 37.7 Å². The molecule has 152 valence electrons. The van der Waals surface area contributed by atoms with Gasteiger partial charge in [0.1, 0.15) is 4.90 Å². The second-order valence-corrected chi connectivity index (χ2v) is 9.92. The molecular formula is C21H22BrN3O3S. The van der Waals surface area contributed by atoms with E-state index in [0.717, 1.165) is 10.0 Å². The Labute approximate surface area is 179 Å². The normalized spacial score (nSPS) is 19.4. The van der Waals surface area contributed by atoms with E-state index in [1.165, 1.54) is 0 Å². The van der Waals surface area contributed by atoms with Gasteiger partial charge in [-0.2, -0.15) is 8.42 Å². The molecule has 29 heavy (non-hydrogen) atoms. The molecule has 1 N–H and O–H groups in total. The summed E-state index contributed by atoms with van der Waals surface area (Å²) in [6.45, 7) is 3.19. The Morgan fingerprint density at radius 2 is 1.79 bits per heavy atom. The molecule has 1 saturated heterocycles. The van der Waals surface area contributed by atoms with E-state index < -0.39 is 10.0 Å². The molecule has 2 aliphatic rings. The van der Waals surface area contributed by atoms with Crippen molar-refractivity contribution in [1.29, 1.82) is 0 Å². The fraction of sp³-hybridized carbons (Fsp3) is 0.333. The maximum absolute atomic E-state index is 12.7. The molecule has 0 spiro atoms. The third-order valence-corrected chi connectivity index (χ3v) is 7.36. The minimum Gasteiger partial charge on any atom is -0.355 e. The molecule has 1 atom stereocenters. The minimum absolute atomic E-state index is 0.0430. The maximum atomic E-state index is 12.7. The van der Waals surface area contributed by atoms with Crippen LogP contribution in [-0.4, -0.2) is 38.2 Å². The van der Waals surface area contributed by atoms with Gasteiger partial charge in [-0.1, -0.05) is 40.2 Å². The lowest BCUT2D eigenvalue weighted by Gasteiger charge is -2.33. The summed E-state index contributed by atoms with van der Waals surface area (Å²) in [7, 11) is -3.62. The summed E-state index contributed by atoms with van der Waals surface area (Å²) >= 11 is 3.42. The number of sulfonamides is 1. The van der Waals surface area contributed by atoms with E-state index in [1.807, 2.05) is 42.2 Å². The standard InChI is InChI=1S/C21H22BrN3O3S/c1-14(15-6-8-17(22)9-7-15)23-21(26)16-10-12-25(13-11-16)20-18-4-2-3-5-19(18)29(27,28)24-20/h2-9,14,16H,10-13H2,1H3,(H,23,26). The topological polar surface area (TPSA) is 78.8 Å². The Bertz CT molecular complexity index is 1060. The molecule has 2 aromatic rings. The average molecular weight is 476 g/mol. The van der Waals surface area contributed by atoms with Crippen LogP contribution in [0.1, 0.15) is 36.9 Å². The molecule has 0 bridgehead atoms. The molecule has 6 nitrogen and oxygen atoms in total. The highest BCUT2D eigenvalue weighted by Gasteiger charge is 2.34. The molecule has 0 radical (unpaired) electrons. The molecule has 4 rings (SSSR count). The predicted octanol–water partition coefficient (Wildman–Crippen LogP) is 3.49. The molecule has 0 saturated carbocycles. The second kappa shape index (κ2) is 7.91. The third-order valence-electron chi connectivity index (χ3n) is 5.51. The number of hydrogen-bond acceptors (Lipinski definition) is 4. The van der Waals surface area contributed by atoms with Crippen molar-refractivity contribution in [3.63, 3.8) is 0 Å². The van der Waals surface area contributed by atoms with Gasteiger partial charge < -0.3 is 10.2 Å². The van der Waals surface area contributed by atoms with Gasteiger partial charge in [0.2, 0.25) is 5.91 Å². The zero-order valence-corrected chi connectivity index (χ0v) is 18.4. The van der Waals surface area contributed by atoms with Gasteiger partial charge in [0.15, 0.2) is 5.84 Å². The molecule has 1 fully saturated rings. The zero-order valence-electron chi connectivity index (χ0n) is 16.0. The summed E-state index contributed by atoms with van der Waals surface area (Å²) in [6.07, 6.45) is 1.33. The van der Waals surface area contributed by atoms with E-state index in [-0.39, 0.29) is 22.8 Å². The fourth-order valence-electron chi connectivity index (χ4n) is 3.84. The molecular weight excluding hydrogens is 454 g/mol. The van der Waals surface area contributed by atoms with Gasteiger partial charge in [0.25, 0.3) is 10.0 Å². The van der Waals surface area contributed by atoms with Crippen LogP contribution >= 0.6 is 15.9 Å². The minimum atomic E-state index is -3.62. The molecule has 2 heterocycles. The number of amides is 1. The Kier molecular flexibility index (Phi) is 5.48. The monoisotopic (exact) mass is 475 g/mol. The number of amidine groups is 1. The molecule has 1 unspecified atom stereocenters. The van der Waals surface area contributed by atoms with E-state index in [9.17, 15) is 13.2 Å². The van der Waals surface area contributed by atoms with Gasteiger partial charge in [0, 0.05) is 29.0 Å². The summed E-state index contributed by atoms with van der Waals surface area (Å²) in [4.78, 5) is 15.0. The number of benzene rings is 2. The first-order valence-electron chi connectivity index (χ1n) is 9.60. The van der Waals surface area contributed by atoms with Gasteiger partial charge in [-0.25, -0.2) is 0 Å². The Hall–Kier alpha value is -2.19. The molecule has 1 amide bonds. The lowest BCUT2D eigenvalue weighted by atomic mass is 9.94. The Balaban J connectivity index is 1.39. The lowest BCUT2D eigenvalue weighted by molar-refractivity contribution is -0.126. The second-order valence-electron chi connectivity index (χ2n) is 7.43. The van der Waals surface area contributed by atoms with E-state index in [1.54, 1.807) is 18.2 Å². The highest BCUT2D eigenvalue weighted by Crippen LogP contribution is 2.30.